The highest BCUT2D eigenvalue weighted by Gasteiger charge is 2.33. The van der Waals surface area contributed by atoms with Crippen molar-refractivity contribution in [2.75, 3.05) is 31.1 Å². The van der Waals surface area contributed by atoms with E-state index in [1.54, 1.807) is 4.90 Å². The van der Waals surface area contributed by atoms with Gasteiger partial charge in [0, 0.05) is 31.6 Å². The number of rotatable bonds is 3. The van der Waals surface area contributed by atoms with E-state index >= 15 is 0 Å². The molecule has 3 aliphatic rings. The monoisotopic (exact) mass is 348 g/mol. The number of nitrogens with one attached hydrogen (secondary N) is 1. The third kappa shape index (κ3) is 3.14. The van der Waals surface area contributed by atoms with Gasteiger partial charge in [-0.3, -0.25) is 9.69 Å². The molecule has 2 atom stereocenters. The lowest BCUT2D eigenvalue weighted by Gasteiger charge is -2.41. The maximum Gasteiger partial charge on any atom is 0.323 e. The standard InChI is InChI=1S/C17H24N4O2S/c22-15(20-7-5-12-3-1-2-4-13(12)10-20)9-14-11-24-17(19-14)21-8-6-18-16(21)23/h11-13H,1-10H2,(H,18,23)/t12-,13+/m0/s1. The second-order valence-corrected chi connectivity index (χ2v) is 7.95. The molecule has 0 spiro atoms. The van der Waals surface area contributed by atoms with E-state index < -0.39 is 0 Å². The van der Waals surface area contributed by atoms with E-state index in [0.717, 1.165) is 31.1 Å². The SMILES string of the molecule is O=C(Cc1csc(N2CCNC2=O)n1)N1CC[C@@H]2CCCC[C@@H]2C1. The number of likely N-dealkylation sites (tertiary alicyclic amines) is 1. The Morgan fingerprint density at radius 2 is 2.08 bits per heavy atom. The third-order valence-electron chi connectivity index (χ3n) is 5.60. The van der Waals surface area contributed by atoms with Gasteiger partial charge in [0.1, 0.15) is 0 Å². The van der Waals surface area contributed by atoms with Crippen LogP contribution < -0.4 is 10.2 Å². The highest BCUT2D eigenvalue weighted by Crippen LogP contribution is 2.36. The van der Waals surface area contributed by atoms with Crippen LogP contribution in [0.3, 0.4) is 0 Å². The number of amides is 3. The fourth-order valence-electron chi connectivity index (χ4n) is 4.25. The van der Waals surface area contributed by atoms with E-state index in [4.69, 9.17) is 0 Å². The second-order valence-electron chi connectivity index (χ2n) is 7.11. The first-order chi connectivity index (χ1) is 11.7. The van der Waals surface area contributed by atoms with Gasteiger partial charge in [0.25, 0.3) is 0 Å². The molecule has 1 aliphatic carbocycles. The lowest BCUT2D eigenvalue weighted by molar-refractivity contribution is -0.133. The first kappa shape index (κ1) is 15.9. The number of hydrogen-bond donors (Lipinski definition) is 1. The quantitative estimate of drug-likeness (QED) is 0.911. The Labute approximate surface area is 146 Å². The summed E-state index contributed by atoms with van der Waals surface area (Å²) in [6.45, 7) is 3.12. The predicted molar refractivity (Wildman–Crippen MR) is 93.2 cm³/mol. The van der Waals surface area contributed by atoms with Gasteiger partial charge in [-0.25, -0.2) is 9.78 Å². The number of piperidine rings is 1. The summed E-state index contributed by atoms with van der Waals surface area (Å²) in [4.78, 5) is 32.5. The molecular formula is C17H24N4O2S. The minimum Gasteiger partial charge on any atom is -0.342 e. The van der Waals surface area contributed by atoms with E-state index in [1.807, 2.05) is 10.3 Å². The van der Waals surface area contributed by atoms with Crippen molar-refractivity contribution in [2.24, 2.45) is 11.8 Å². The van der Waals surface area contributed by atoms with Crippen molar-refractivity contribution in [1.29, 1.82) is 0 Å². The number of nitrogens with zero attached hydrogens (tertiary/aromatic N) is 3. The first-order valence-corrected chi connectivity index (χ1v) is 9.86. The molecule has 2 saturated heterocycles. The number of aromatic nitrogens is 1. The van der Waals surface area contributed by atoms with E-state index in [2.05, 4.69) is 10.3 Å². The minimum absolute atomic E-state index is 0.0957. The van der Waals surface area contributed by atoms with Crippen LogP contribution in [0.2, 0.25) is 0 Å². The summed E-state index contributed by atoms with van der Waals surface area (Å²) in [7, 11) is 0. The van der Waals surface area contributed by atoms with Crippen LogP contribution in [0.1, 0.15) is 37.8 Å². The number of thiazole rings is 1. The number of carbonyl (C=O) groups excluding carboxylic acids is 2. The van der Waals surface area contributed by atoms with Crippen molar-refractivity contribution in [3.8, 4) is 0 Å². The molecule has 0 unspecified atom stereocenters. The smallest absolute Gasteiger partial charge is 0.323 e. The lowest BCUT2D eigenvalue weighted by Crippen LogP contribution is -2.45. The summed E-state index contributed by atoms with van der Waals surface area (Å²) in [6.07, 6.45) is 6.81. The third-order valence-corrected chi connectivity index (χ3v) is 6.52. The van der Waals surface area contributed by atoms with Gasteiger partial charge in [-0.15, -0.1) is 11.3 Å². The van der Waals surface area contributed by atoms with Crippen molar-refractivity contribution >= 4 is 28.4 Å². The summed E-state index contributed by atoms with van der Waals surface area (Å²) >= 11 is 1.44. The van der Waals surface area contributed by atoms with Crippen LogP contribution in [-0.2, 0) is 11.2 Å². The Morgan fingerprint density at radius 3 is 2.88 bits per heavy atom. The molecule has 24 heavy (non-hydrogen) atoms. The molecule has 4 rings (SSSR count). The first-order valence-electron chi connectivity index (χ1n) is 8.98. The van der Waals surface area contributed by atoms with Crippen LogP contribution in [-0.4, -0.2) is 48.0 Å². The second kappa shape index (κ2) is 6.70. The zero-order valence-corrected chi connectivity index (χ0v) is 14.7. The van der Waals surface area contributed by atoms with Crippen LogP contribution in [0.4, 0.5) is 9.93 Å². The molecule has 130 valence electrons. The highest BCUT2D eigenvalue weighted by atomic mass is 32.1. The molecule has 1 aromatic rings. The van der Waals surface area contributed by atoms with Crippen LogP contribution in [0.25, 0.3) is 0 Å². The van der Waals surface area contributed by atoms with E-state index in [0.29, 0.717) is 30.6 Å². The van der Waals surface area contributed by atoms with E-state index in [-0.39, 0.29) is 11.9 Å². The molecule has 3 amide bonds. The molecule has 1 saturated carbocycles. The largest absolute Gasteiger partial charge is 0.342 e. The van der Waals surface area contributed by atoms with Crippen molar-refractivity contribution < 1.29 is 9.59 Å². The van der Waals surface area contributed by atoms with Crippen LogP contribution in [0.5, 0.6) is 0 Å². The highest BCUT2D eigenvalue weighted by molar-refractivity contribution is 7.14. The molecule has 0 aromatic carbocycles. The molecule has 1 N–H and O–H groups in total. The molecule has 7 heteroatoms. The molecule has 2 aliphatic heterocycles. The van der Waals surface area contributed by atoms with Crippen LogP contribution in [0.15, 0.2) is 5.38 Å². The van der Waals surface area contributed by atoms with Gasteiger partial charge in [-0.1, -0.05) is 19.3 Å². The summed E-state index contributed by atoms with van der Waals surface area (Å²) in [5, 5.41) is 5.38. The molecule has 3 fully saturated rings. The fourth-order valence-corrected chi connectivity index (χ4v) is 5.10. The Balaban J connectivity index is 1.36. The number of hydrogen-bond acceptors (Lipinski definition) is 4. The predicted octanol–water partition coefficient (Wildman–Crippen LogP) is 2.25. The van der Waals surface area contributed by atoms with Crippen LogP contribution >= 0.6 is 11.3 Å². The minimum atomic E-state index is -0.0957. The van der Waals surface area contributed by atoms with Gasteiger partial charge in [0.15, 0.2) is 5.13 Å². The number of carbonyl (C=O) groups is 2. The number of anilines is 1. The van der Waals surface area contributed by atoms with Gasteiger partial charge < -0.3 is 10.2 Å². The summed E-state index contributed by atoms with van der Waals surface area (Å²) in [6, 6.07) is -0.0957. The normalized spacial score (nSPS) is 27.1. The van der Waals surface area contributed by atoms with Gasteiger partial charge in [-0.2, -0.15) is 0 Å². The van der Waals surface area contributed by atoms with E-state index in [1.165, 1.54) is 37.0 Å². The van der Waals surface area contributed by atoms with Crippen molar-refractivity contribution in [3.05, 3.63) is 11.1 Å². The van der Waals surface area contributed by atoms with Crippen molar-refractivity contribution in [2.45, 2.75) is 38.5 Å². The molecule has 0 radical (unpaired) electrons. The van der Waals surface area contributed by atoms with Gasteiger partial charge in [-0.05, 0) is 24.7 Å². The van der Waals surface area contributed by atoms with Gasteiger partial charge in [0.2, 0.25) is 5.91 Å². The zero-order valence-electron chi connectivity index (χ0n) is 13.9. The summed E-state index contributed by atoms with van der Waals surface area (Å²) < 4.78 is 0. The van der Waals surface area contributed by atoms with E-state index in [9.17, 15) is 9.59 Å². The molecule has 1 aromatic heterocycles. The van der Waals surface area contributed by atoms with Crippen molar-refractivity contribution in [1.82, 2.24) is 15.2 Å². The average molecular weight is 348 g/mol. The Hall–Kier alpha value is -1.63. The summed E-state index contributed by atoms with van der Waals surface area (Å²) in [5.74, 6) is 1.72. The zero-order chi connectivity index (χ0) is 16.5. The number of urea groups is 1. The maximum atomic E-state index is 12.6. The summed E-state index contributed by atoms with van der Waals surface area (Å²) in [5.41, 5.74) is 0.783. The Morgan fingerprint density at radius 1 is 1.25 bits per heavy atom. The maximum absolute atomic E-state index is 12.6. The number of fused-ring (bicyclic) bond motifs is 1. The Kier molecular flexibility index (Phi) is 4.43. The van der Waals surface area contributed by atoms with Crippen LogP contribution in [0, 0.1) is 11.8 Å². The van der Waals surface area contributed by atoms with Gasteiger partial charge >= 0.3 is 6.03 Å². The fraction of sp³-hybridized carbons (Fsp3) is 0.706. The average Bonchev–Trinajstić information content (AvgIpc) is 3.23. The lowest BCUT2D eigenvalue weighted by atomic mass is 9.75. The Bertz CT molecular complexity index is 632. The molecule has 3 heterocycles. The topological polar surface area (TPSA) is 65.5 Å². The molecular weight excluding hydrogens is 324 g/mol. The molecule has 6 nitrogen and oxygen atoms in total. The van der Waals surface area contributed by atoms with Gasteiger partial charge in [0.05, 0.1) is 12.1 Å². The van der Waals surface area contributed by atoms with Crippen molar-refractivity contribution in [3.63, 3.8) is 0 Å². The molecule has 0 bridgehead atoms.